The maximum absolute atomic E-state index is 2.53. The molecule has 0 aliphatic rings. The summed E-state index contributed by atoms with van der Waals surface area (Å²) in [4.78, 5) is 2.36. The average Bonchev–Trinajstić information content (AvgIpc) is 3.43. The molecule has 8 aromatic rings. The van der Waals surface area contributed by atoms with Crippen LogP contribution in [-0.4, -0.2) is 4.57 Å². The molecule has 2 nitrogen and oxygen atoms in total. The molecule has 0 N–H and O–H groups in total. The average molecular weight is 647 g/mol. The van der Waals surface area contributed by atoms with Gasteiger partial charge in [0.05, 0.1) is 11.2 Å². The van der Waals surface area contributed by atoms with E-state index in [4.69, 9.17) is 0 Å². The first kappa shape index (κ1) is 31.4. The molecule has 1 heterocycles. The van der Waals surface area contributed by atoms with Crippen LogP contribution in [0, 0.1) is 6.92 Å². The SMILES string of the molecule is CCCC/C(C)=C/c1c(C)n(-c2c3ccccc3c(-c3ccccc3)c3ccccc23)c2ccc(N(c3ccccc3)c3ccccc3)cc12. The molecule has 0 fully saturated rings. The number of unbranched alkanes of at least 4 members (excludes halogenated alkanes) is 1. The minimum absolute atomic E-state index is 1.10. The summed E-state index contributed by atoms with van der Waals surface area (Å²) in [6.07, 6.45) is 5.92. The molecule has 50 heavy (non-hydrogen) atoms. The van der Waals surface area contributed by atoms with Crippen molar-refractivity contribution < 1.29 is 0 Å². The predicted molar refractivity (Wildman–Crippen MR) is 216 cm³/mol. The molecule has 0 radical (unpaired) electrons. The zero-order chi connectivity index (χ0) is 34.0. The van der Waals surface area contributed by atoms with Gasteiger partial charge in [0.1, 0.15) is 0 Å². The summed E-state index contributed by atoms with van der Waals surface area (Å²) in [6.45, 7) is 6.87. The summed E-state index contributed by atoms with van der Waals surface area (Å²) in [5.41, 5.74) is 12.3. The summed E-state index contributed by atoms with van der Waals surface area (Å²) in [6, 6.07) is 57.2. The molecule has 1 aromatic heterocycles. The van der Waals surface area contributed by atoms with Crippen LogP contribution in [0.5, 0.6) is 0 Å². The van der Waals surface area contributed by atoms with E-state index < -0.39 is 0 Å². The fraction of sp³-hybridized carbons (Fsp3) is 0.125. The van der Waals surface area contributed by atoms with Crippen molar-refractivity contribution in [3.63, 3.8) is 0 Å². The van der Waals surface area contributed by atoms with Gasteiger partial charge in [0, 0.05) is 44.5 Å². The lowest BCUT2D eigenvalue weighted by Gasteiger charge is -2.25. The van der Waals surface area contributed by atoms with Crippen LogP contribution in [0.1, 0.15) is 44.4 Å². The monoisotopic (exact) mass is 646 g/mol. The third kappa shape index (κ3) is 5.57. The molecule has 0 saturated carbocycles. The van der Waals surface area contributed by atoms with Crippen LogP contribution in [0.4, 0.5) is 17.1 Å². The Kier molecular flexibility index (Phi) is 8.52. The van der Waals surface area contributed by atoms with Crippen molar-refractivity contribution in [2.75, 3.05) is 4.90 Å². The quantitative estimate of drug-likeness (QED) is 0.142. The molecule has 7 aromatic carbocycles. The third-order valence-electron chi connectivity index (χ3n) is 10.0. The van der Waals surface area contributed by atoms with Gasteiger partial charge < -0.3 is 9.47 Å². The Morgan fingerprint density at radius 3 is 1.66 bits per heavy atom. The Bertz CT molecular complexity index is 2370. The number of anilines is 3. The molecular weight excluding hydrogens is 605 g/mol. The molecule has 0 unspecified atom stereocenters. The highest BCUT2D eigenvalue weighted by Crippen LogP contribution is 2.45. The Morgan fingerprint density at radius 2 is 1.10 bits per heavy atom. The first-order chi connectivity index (χ1) is 24.6. The molecule has 0 aliphatic carbocycles. The van der Waals surface area contributed by atoms with Gasteiger partial charge in [0.2, 0.25) is 0 Å². The topological polar surface area (TPSA) is 8.17 Å². The van der Waals surface area contributed by atoms with Crippen molar-refractivity contribution in [1.82, 2.24) is 4.57 Å². The molecule has 0 bridgehead atoms. The maximum atomic E-state index is 2.53. The molecule has 0 saturated heterocycles. The highest BCUT2D eigenvalue weighted by atomic mass is 15.1. The Morgan fingerprint density at radius 1 is 0.580 bits per heavy atom. The Labute approximate surface area is 295 Å². The Hall–Kier alpha value is -5.86. The highest BCUT2D eigenvalue weighted by molar-refractivity contribution is 6.19. The summed E-state index contributed by atoms with van der Waals surface area (Å²) in [5.74, 6) is 0. The van der Waals surface area contributed by atoms with Gasteiger partial charge >= 0.3 is 0 Å². The number of fused-ring (bicyclic) bond motifs is 3. The first-order valence-electron chi connectivity index (χ1n) is 17.9. The molecule has 2 heteroatoms. The zero-order valence-corrected chi connectivity index (χ0v) is 29.1. The van der Waals surface area contributed by atoms with E-state index in [1.807, 2.05) is 0 Å². The van der Waals surface area contributed by atoms with Crippen LogP contribution in [0.15, 0.2) is 163 Å². The predicted octanol–water partition coefficient (Wildman–Crippen LogP) is 14.0. The van der Waals surface area contributed by atoms with Crippen molar-refractivity contribution in [3.05, 3.63) is 175 Å². The number of rotatable bonds is 9. The second-order valence-electron chi connectivity index (χ2n) is 13.3. The van der Waals surface area contributed by atoms with Gasteiger partial charge in [-0.25, -0.2) is 0 Å². The van der Waals surface area contributed by atoms with Crippen molar-refractivity contribution >= 4 is 55.6 Å². The fourth-order valence-corrected chi connectivity index (χ4v) is 7.68. The normalized spacial score (nSPS) is 11.9. The zero-order valence-electron chi connectivity index (χ0n) is 29.1. The van der Waals surface area contributed by atoms with Crippen LogP contribution >= 0.6 is 0 Å². The molecule has 0 spiro atoms. The summed E-state index contributed by atoms with van der Waals surface area (Å²) < 4.78 is 2.53. The van der Waals surface area contributed by atoms with Crippen LogP contribution in [-0.2, 0) is 0 Å². The molecule has 0 aliphatic heterocycles. The maximum Gasteiger partial charge on any atom is 0.0616 e. The van der Waals surface area contributed by atoms with Crippen molar-refractivity contribution in [2.24, 2.45) is 0 Å². The van der Waals surface area contributed by atoms with Gasteiger partial charge in [-0.3, -0.25) is 0 Å². The van der Waals surface area contributed by atoms with Crippen LogP contribution in [0.2, 0.25) is 0 Å². The number of aromatic nitrogens is 1. The highest BCUT2D eigenvalue weighted by Gasteiger charge is 2.22. The molecular formula is C48H42N2. The second kappa shape index (κ2) is 13.6. The molecule has 0 atom stereocenters. The number of hydrogen-bond acceptors (Lipinski definition) is 1. The van der Waals surface area contributed by atoms with Crippen molar-refractivity contribution in [2.45, 2.75) is 40.0 Å². The molecule has 244 valence electrons. The number of hydrogen-bond donors (Lipinski definition) is 0. The lowest BCUT2D eigenvalue weighted by atomic mass is 9.90. The van der Waals surface area contributed by atoms with E-state index in [-0.39, 0.29) is 0 Å². The van der Waals surface area contributed by atoms with E-state index in [9.17, 15) is 0 Å². The van der Waals surface area contributed by atoms with Gasteiger partial charge in [0.25, 0.3) is 0 Å². The van der Waals surface area contributed by atoms with Gasteiger partial charge in [-0.15, -0.1) is 0 Å². The van der Waals surface area contributed by atoms with E-state index in [0.29, 0.717) is 0 Å². The largest absolute Gasteiger partial charge is 0.312 e. The number of benzene rings is 7. The number of nitrogens with zero attached hydrogens (tertiary/aromatic N) is 2. The van der Waals surface area contributed by atoms with E-state index in [2.05, 4.69) is 194 Å². The molecule has 0 amide bonds. The van der Waals surface area contributed by atoms with Gasteiger partial charge in [0.15, 0.2) is 0 Å². The van der Waals surface area contributed by atoms with Crippen LogP contribution < -0.4 is 4.90 Å². The standard InChI is InChI=1S/C48H42N2/c1-4-5-19-34(2)32-44-35(3)49(46-31-30-39(33-45(44)46)50(37-22-11-7-12-23-37)38-24-13-8-14-25-38)48-42-28-17-15-26-40(42)47(36-20-9-6-10-21-36)41-27-16-18-29-43(41)48/h6-18,20-33H,4-5,19H2,1-3H3/b34-32+. The lowest BCUT2D eigenvalue weighted by molar-refractivity contribution is 0.790. The first-order valence-corrected chi connectivity index (χ1v) is 17.9. The van der Waals surface area contributed by atoms with Gasteiger partial charge in [-0.05, 0) is 91.1 Å². The van der Waals surface area contributed by atoms with Crippen LogP contribution in [0.3, 0.4) is 0 Å². The van der Waals surface area contributed by atoms with Crippen LogP contribution in [0.25, 0.3) is 55.3 Å². The molecule has 8 rings (SSSR count). The fourth-order valence-electron chi connectivity index (χ4n) is 7.68. The lowest BCUT2D eigenvalue weighted by Crippen LogP contribution is -2.09. The summed E-state index contributed by atoms with van der Waals surface area (Å²) in [5, 5.41) is 6.29. The minimum Gasteiger partial charge on any atom is -0.312 e. The van der Waals surface area contributed by atoms with Crippen molar-refractivity contribution in [3.8, 4) is 16.8 Å². The van der Waals surface area contributed by atoms with E-state index in [1.54, 1.807) is 0 Å². The third-order valence-corrected chi connectivity index (χ3v) is 10.0. The van der Waals surface area contributed by atoms with Gasteiger partial charge in [-0.1, -0.05) is 140 Å². The number of allylic oxidation sites excluding steroid dienone is 1. The number of para-hydroxylation sites is 2. The van der Waals surface area contributed by atoms with Crippen molar-refractivity contribution in [1.29, 1.82) is 0 Å². The van der Waals surface area contributed by atoms with Gasteiger partial charge in [-0.2, -0.15) is 0 Å². The van der Waals surface area contributed by atoms with E-state index in [0.717, 1.165) is 23.5 Å². The van der Waals surface area contributed by atoms with E-state index >= 15 is 0 Å². The smallest absolute Gasteiger partial charge is 0.0616 e. The summed E-state index contributed by atoms with van der Waals surface area (Å²) >= 11 is 0. The van der Waals surface area contributed by atoms with E-state index in [1.165, 1.54) is 78.9 Å². The Balaban J connectivity index is 1.45. The minimum atomic E-state index is 1.10. The second-order valence-corrected chi connectivity index (χ2v) is 13.3. The summed E-state index contributed by atoms with van der Waals surface area (Å²) in [7, 11) is 0.